The van der Waals surface area contributed by atoms with Crippen molar-refractivity contribution in [3.05, 3.63) is 34.1 Å². The van der Waals surface area contributed by atoms with Gasteiger partial charge in [0.1, 0.15) is 5.82 Å². The average molecular weight is 215 g/mol. The molecule has 1 nitrogen and oxygen atoms in total. The second-order valence-electron chi connectivity index (χ2n) is 4.22. The van der Waals surface area contributed by atoms with E-state index in [1.165, 1.54) is 12.1 Å². The van der Waals surface area contributed by atoms with Crippen molar-refractivity contribution in [2.45, 2.75) is 26.2 Å². The van der Waals surface area contributed by atoms with Gasteiger partial charge in [-0.3, -0.25) is 4.79 Å². The first-order valence-corrected chi connectivity index (χ1v) is 4.69. The van der Waals surface area contributed by atoms with E-state index in [1.54, 1.807) is 0 Å². The molecule has 0 aliphatic rings. The van der Waals surface area contributed by atoms with E-state index in [0.29, 0.717) is 22.4 Å². The quantitative estimate of drug-likeness (QED) is 0.653. The van der Waals surface area contributed by atoms with E-state index in [0.717, 1.165) is 0 Å². The van der Waals surface area contributed by atoms with E-state index < -0.39 is 5.82 Å². The Balaban J connectivity index is 3.48. The standard InChI is InChI=1S/C11H12ClFO/c1-11(2,3)10-7(6-14)4-8(13)5-9(10)12/h4-6H,1-3H3. The number of carbonyl (C=O) groups excluding carboxylic acids is 1. The van der Waals surface area contributed by atoms with Crippen molar-refractivity contribution in [3.8, 4) is 0 Å². The lowest BCUT2D eigenvalue weighted by atomic mass is 9.84. The molecule has 0 aliphatic carbocycles. The molecule has 0 N–H and O–H groups in total. The Labute approximate surface area is 87.9 Å². The smallest absolute Gasteiger partial charge is 0.150 e. The monoisotopic (exact) mass is 214 g/mol. The van der Waals surface area contributed by atoms with Crippen LogP contribution in [0, 0.1) is 5.82 Å². The number of hydrogen-bond donors (Lipinski definition) is 0. The maximum absolute atomic E-state index is 12.9. The predicted octanol–water partition coefficient (Wildman–Crippen LogP) is 3.59. The van der Waals surface area contributed by atoms with Crippen molar-refractivity contribution in [3.63, 3.8) is 0 Å². The summed E-state index contributed by atoms with van der Waals surface area (Å²) in [4.78, 5) is 10.8. The Morgan fingerprint density at radius 3 is 2.36 bits per heavy atom. The van der Waals surface area contributed by atoms with Crippen molar-refractivity contribution in [1.29, 1.82) is 0 Å². The fourth-order valence-electron chi connectivity index (χ4n) is 1.48. The van der Waals surface area contributed by atoms with E-state index >= 15 is 0 Å². The van der Waals surface area contributed by atoms with Crippen LogP contribution in [-0.4, -0.2) is 6.29 Å². The van der Waals surface area contributed by atoms with Gasteiger partial charge in [0.25, 0.3) is 0 Å². The minimum atomic E-state index is -0.481. The molecule has 0 saturated heterocycles. The van der Waals surface area contributed by atoms with Crippen LogP contribution in [0.4, 0.5) is 4.39 Å². The third kappa shape index (κ3) is 2.13. The zero-order valence-electron chi connectivity index (χ0n) is 8.40. The molecule has 0 bridgehead atoms. The van der Waals surface area contributed by atoms with Gasteiger partial charge in [-0.1, -0.05) is 32.4 Å². The summed E-state index contributed by atoms with van der Waals surface area (Å²) in [5.74, 6) is -0.481. The molecule has 1 aromatic carbocycles. The number of benzene rings is 1. The highest BCUT2D eigenvalue weighted by Gasteiger charge is 2.21. The number of halogens is 2. The minimum absolute atomic E-state index is 0.263. The molecule has 1 aromatic rings. The van der Waals surface area contributed by atoms with Gasteiger partial charge in [-0.15, -0.1) is 0 Å². The van der Waals surface area contributed by atoms with Crippen molar-refractivity contribution >= 4 is 17.9 Å². The number of rotatable bonds is 1. The molecule has 0 radical (unpaired) electrons. The molecule has 76 valence electrons. The Morgan fingerprint density at radius 1 is 1.36 bits per heavy atom. The Kier molecular flexibility index (Phi) is 2.95. The molecule has 0 aliphatic heterocycles. The van der Waals surface area contributed by atoms with E-state index in [4.69, 9.17) is 11.6 Å². The molecule has 0 amide bonds. The summed E-state index contributed by atoms with van der Waals surface area (Å²) in [5, 5.41) is 0.305. The van der Waals surface area contributed by atoms with Crippen LogP contribution in [-0.2, 0) is 5.41 Å². The van der Waals surface area contributed by atoms with Gasteiger partial charge < -0.3 is 0 Å². The van der Waals surface area contributed by atoms with Crippen LogP contribution in [0.2, 0.25) is 5.02 Å². The van der Waals surface area contributed by atoms with Gasteiger partial charge in [0.05, 0.1) is 0 Å². The molecule has 0 atom stereocenters. The largest absolute Gasteiger partial charge is 0.298 e. The maximum atomic E-state index is 12.9. The van der Waals surface area contributed by atoms with Crippen molar-refractivity contribution in [1.82, 2.24) is 0 Å². The summed E-state index contributed by atoms with van der Waals surface area (Å²) in [5.41, 5.74) is 0.749. The van der Waals surface area contributed by atoms with Crippen molar-refractivity contribution in [2.24, 2.45) is 0 Å². The summed E-state index contributed by atoms with van der Waals surface area (Å²) in [6, 6.07) is 2.44. The van der Waals surface area contributed by atoms with Crippen LogP contribution in [0.1, 0.15) is 36.7 Å². The first-order valence-electron chi connectivity index (χ1n) is 4.31. The SMILES string of the molecule is CC(C)(C)c1c(Cl)cc(F)cc1C=O. The molecule has 0 aromatic heterocycles. The molecule has 0 heterocycles. The van der Waals surface area contributed by atoms with Crippen molar-refractivity contribution in [2.75, 3.05) is 0 Å². The Hall–Kier alpha value is -0.890. The average Bonchev–Trinajstić information content (AvgIpc) is 1.99. The van der Waals surface area contributed by atoms with Crippen LogP contribution < -0.4 is 0 Å². The molecular formula is C11H12ClFO. The summed E-state index contributed by atoms with van der Waals surface area (Å²) in [7, 11) is 0. The molecular weight excluding hydrogens is 203 g/mol. The molecule has 0 unspecified atom stereocenters. The lowest BCUT2D eigenvalue weighted by molar-refractivity contribution is 0.112. The fourth-order valence-corrected chi connectivity index (χ4v) is 1.97. The zero-order chi connectivity index (χ0) is 10.9. The van der Waals surface area contributed by atoms with E-state index in [1.807, 2.05) is 20.8 Å². The van der Waals surface area contributed by atoms with Gasteiger partial charge in [-0.2, -0.15) is 0 Å². The van der Waals surface area contributed by atoms with Gasteiger partial charge in [-0.05, 0) is 23.1 Å². The fraction of sp³-hybridized carbons (Fsp3) is 0.364. The number of aldehydes is 1. The number of hydrogen-bond acceptors (Lipinski definition) is 1. The van der Waals surface area contributed by atoms with E-state index in [9.17, 15) is 9.18 Å². The third-order valence-corrected chi connectivity index (χ3v) is 2.26. The summed E-state index contributed by atoms with van der Waals surface area (Å²) in [6.07, 6.45) is 0.634. The van der Waals surface area contributed by atoms with Crippen LogP contribution >= 0.6 is 11.6 Å². The summed E-state index contributed by atoms with van der Waals surface area (Å²) < 4.78 is 12.9. The highest BCUT2D eigenvalue weighted by molar-refractivity contribution is 6.31. The first kappa shape index (κ1) is 11.2. The van der Waals surface area contributed by atoms with Crippen molar-refractivity contribution < 1.29 is 9.18 Å². The second-order valence-corrected chi connectivity index (χ2v) is 4.63. The van der Waals surface area contributed by atoms with Gasteiger partial charge >= 0.3 is 0 Å². The molecule has 1 rings (SSSR count). The summed E-state index contributed by atoms with van der Waals surface area (Å²) in [6.45, 7) is 5.79. The maximum Gasteiger partial charge on any atom is 0.150 e. The normalized spacial score (nSPS) is 11.5. The van der Waals surface area contributed by atoms with Gasteiger partial charge in [0.2, 0.25) is 0 Å². The van der Waals surface area contributed by atoms with Crippen LogP contribution in [0.3, 0.4) is 0 Å². The molecule has 0 spiro atoms. The molecule has 14 heavy (non-hydrogen) atoms. The van der Waals surface area contributed by atoms with Crippen LogP contribution in [0.15, 0.2) is 12.1 Å². The first-order chi connectivity index (χ1) is 6.36. The minimum Gasteiger partial charge on any atom is -0.298 e. The lowest BCUT2D eigenvalue weighted by Crippen LogP contribution is -2.15. The highest BCUT2D eigenvalue weighted by Crippen LogP contribution is 2.32. The van der Waals surface area contributed by atoms with Gasteiger partial charge in [0.15, 0.2) is 6.29 Å². The Morgan fingerprint density at radius 2 is 1.93 bits per heavy atom. The molecule has 3 heteroatoms. The lowest BCUT2D eigenvalue weighted by Gasteiger charge is -2.22. The molecule has 0 saturated carbocycles. The van der Waals surface area contributed by atoms with Gasteiger partial charge in [-0.25, -0.2) is 4.39 Å². The summed E-state index contributed by atoms with van der Waals surface area (Å²) >= 11 is 5.90. The topological polar surface area (TPSA) is 17.1 Å². The second kappa shape index (κ2) is 3.70. The predicted molar refractivity (Wildman–Crippen MR) is 55.5 cm³/mol. The highest BCUT2D eigenvalue weighted by atomic mass is 35.5. The zero-order valence-corrected chi connectivity index (χ0v) is 9.15. The molecule has 0 fully saturated rings. The third-order valence-electron chi connectivity index (χ3n) is 1.96. The van der Waals surface area contributed by atoms with E-state index in [2.05, 4.69) is 0 Å². The number of carbonyl (C=O) groups is 1. The Bertz CT molecular complexity index is 366. The van der Waals surface area contributed by atoms with Crippen LogP contribution in [0.5, 0.6) is 0 Å². The van der Waals surface area contributed by atoms with Gasteiger partial charge in [0, 0.05) is 10.6 Å². The van der Waals surface area contributed by atoms with E-state index in [-0.39, 0.29) is 5.41 Å². The van der Waals surface area contributed by atoms with Crippen LogP contribution in [0.25, 0.3) is 0 Å².